The van der Waals surface area contributed by atoms with Gasteiger partial charge in [0.2, 0.25) is 0 Å². The highest BCUT2D eigenvalue weighted by Crippen LogP contribution is 2.13. The molecule has 0 aliphatic carbocycles. The number of anilines is 1. The number of hydrogen-bond donors (Lipinski definition) is 2. The molecule has 30 heavy (non-hydrogen) atoms. The predicted molar refractivity (Wildman–Crippen MR) is 114 cm³/mol. The van der Waals surface area contributed by atoms with E-state index in [0.29, 0.717) is 23.6 Å². The number of benzene rings is 2. The van der Waals surface area contributed by atoms with Crippen LogP contribution in [0.15, 0.2) is 48.5 Å². The van der Waals surface area contributed by atoms with Crippen LogP contribution in [0.3, 0.4) is 0 Å². The lowest BCUT2D eigenvalue weighted by Crippen LogP contribution is -2.45. The molecule has 0 aromatic heterocycles. The zero-order valence-electron chi connectivity index (χ0n) is 17.7. The van der Waals surface area contributed by atoms with Crippen LogP contribution < -0.4 is 15.4 Å². The molecule has 0 aliphatic heterocycles. The molecule has 0 saturated heterocycles. The van der Waals surface area contributed by atoms with E-state index >= 15 is 0 Å². The van der Waals surface area contributed by atoms with Gasteiger partial charge < -0.3 is 20.1 Å². The van der Waals surface area contributed by atoms with Crippen LogP contribution in [0.4, 0.5) is 5.69 Å². The number of amides is 2. The smallest absolute Gasteiger partial charge is 0.329 e. The third-order valence-corrected chi connectivity index (χ3v) is 4.32. The maximum absolute atomic E-state index is 12.5. The third-order valence-electron chi connectivity index (χ3n) is 4.32. The van der Waals surface area contributed by atoms with Gasteiger partial charge in [-0.2, -0.15) is 0 Å². The summed E-state index contributed by atoms with van der Waals surface area (Å²) >= 11 is 0. The van der Waals surface area contributed by atoms with Crippen LogP contribution in [0.1, 0.15) is 36.7 Å². The van der Waals surface area contributed by atoms with Crippen LogP contribution in [-0.2, 0) is 14.3 Å². The van der Waals surface area contributed by atoms with Gasteiger partial charge in [-0.15, -0.1) is 0 Å². The van der Waals surface area contributed by atoms with Crippen molar-refractivity contribution in [2.75, 3.05) is 18.5 Å². The molecule has 0 aliphatic rings. The van der Waals surface area contributed by atoms with Crippen molar-refractivity contribution in [3.63, 3.8) is 0 Å². The number of rotatable bonds is 9. The fourth-order valence-electron chi connectivity index (χ4n) is 2.65. The molecule has 2 aromatic carbocycles. The Hall–Kier alpha value is -3.35. The molecule has 2 amide bonds. The Morgan fingerprint density at radius 1 is 0.967 bits per heavy atom. The van der Waals surface area contributed by atoms with Gasteiger partial charge in [-0.1, -0.05) is 31.5 Å². The largest absolute Gasteiger partial charge is 0.494 e. The van der Waals surface area contributed by atoms with Gasteiger partial charge in [-0.25, -0.2) is 4.79 Å². The Morgan fingerprint density at radius 3 is 2.17 bits per heavy atom. The highest BCUT2D eigenvalue weighted by atomic mass is 16.5. The lowest BCUT2D eigenvalue weighted by atomic mass is 10.0. The van der Waals surface area contributed by atoms with Crippen molar-refractivity contribution in [3.05, 3.63) is 59.7 Å². The molecule has 0 unspecified atom stereocenters. The summed E-state index contributed by atoms with van der Waals surface area (Å²) in [6.45, 7) is 7.49. The molecule has 0 fully saturated rings. The summed E-state index contributed by atoms with van der Waals surface area (Å²) in [6, 6.07) is 13.0. The van der Waals surface area contributed by atoms with Gasteiger partial charge in [0.15, 0.2) is 6.61 Å². The quantitative estimate of drug-likeness (QED) is 0.616. The number of nitrogens with one attached hydrogen (secondary N) is 2. The lowest BCUT2D eigenvalue weighted by molar-refractivity contribution is -0.150. The third kappa shape index (κ3) is 6.92. The molecule has 7 heteroatoms. The Balaban J connectivity index is 1.91. The Kier molecular flexibility index (Phi) is 8.41. The van der Waals surface area contributed by atoms with Crippen molar-refractivity contribution in [2.45, 2.75) is 33.7 Å². The van der Waals surface area contributed by atoms with Crippen molar-refractivity contribution in [2.24, 2.45) is 5.92 Å². The van der Waals surface area contributed by atoms with Gasteiger partial charge in [-0.05, 0) is 56.2 Å². The topological polar surface area (TPSA) is 93.7 Å². The number of esters is 1. The van der Waals surface area contributed by atoms with Crippen molar-refractivity contribution in [1.29, 1.82) is 0 Å². The number of carbonyl (C=O) groups is 3. The minimum Gasteiger partial charge on any atom is -0.494 e. The molecule has 160 valence electrons. The molecular weight excluding hydrogens is 384 g/mol. The minimum absolute atomic E-state index is 0.218. The molecule has 2 rings (SSSR count). The summed E-state index contributed by atoms with van der Waals surface area (Å²) in [5.41, 5.74) is 2.09. The standard InChI is InChI=1S/C23H28N2O5/c1-5-29-19-12-8-17(9-13-19)22(27)25-21(15(2)3)23(28)30-14-20(26)24-18-10-6-16(4)7-11-18/h6-13,15,21H,5,14H2,1-4H3,(H,24,26)(H,25,27)/t21-/m0/s1. The molecule has 0 radical (unpaired) electrons. The van der Waals surface area contributed by atoms with Crippen molar-refractivity contribution in [3.8, 4) is 5.75 Å². The molecule has 0 saturated carbocycles. The molecule has 2 aromatic rings. The number of ether oxygens (including phenoxy) is 2. The summed E-state index contributed by atoms with van der Waals surface area (Å²) in [5.74, 6) is -1.08. The summed E-state index contributed by atoms with van der Waals surface area (Å²) in [7, 11) is 0. The Bertz CT molecular complexity index is 860. The van der Waals surface area contributed by atoms with Crippen molar-refractivity contribution < 1.29 is 23.9 Å². The van der Waals surface area contributed by atoms with E-state index in [2.05, 4.69) is 10.6 Å². The summed E-state index contributed by atoms with van der Waals surface area (Å²) in [6.07, 6.45) is 0. The fraction of sp³-hybridized carbons (Fsp3) is 0.348. The fourth-order valence-corrected chi connectivity index (χ4v) is 2.65. The first kappa shape index (κ1) is 22.9. The first-order valence-corrected chi connectivity index (χ1v) is 9.87. The van der Waals surface area contributed by atoms with E-state index in [4.69, 9.17) is 9.47 Å². The minimum atomic E-state index is -0.878. The molecular formula is C23H28N2O5. The molecule has 0 spiro atoms. The van der Waals surface area contributed by atoms with Gasteiger partial charge in [-0.3, -0.25) is 9.59 Å². The summed E-state index contributed by atoms with van der Waals surface area (Å²) < 4.78 is 10.5. The number of hydrogen-bond acceptors (Lipinski definition) is 5. The highest BCUT2D eigenvalue weighted by molar-refractivity contribution is 5.97. The van der Waals surface area contributed by atoms with E-state index in [1.807, 2.05) is 26.0 Å². The van der Waals surface area contributed by atoms with Crippen LogP contribution in [0.2, 0.25) is 0 Å². The molecule has 2 N–H and O–H groups in total. The van der Waals surface area contributed by atoms with E-state index in [1.54, 1.807) is 50.2 Å². The van der Waals surface area contributed by atoms with Crippen LogP contribution in [-0.4, -0.2) is 37.0 Å². The van der Waals surface area contributed by atoms with Gasteiger partial charge in [0, 0.05) is 11.3 Å². The molecule has 0 bridgehead atoms. The number of carbonyl (C=O) groups excluding carboxylic acids is 3. The molecule has 7 nitrogen and oxygen atoms in total. The van der Waals surface area contributed by atoms with Crippen molar-refractivity contribution >= 4 is 23.5 Å². The zero-order valence-corrected chi connectivity index (χ0v) is 17.7. The highest BCUT2D eigenvalue weighted by Gasteiger charge is 2.26. The number of aryl methyl sites for hydroxylation is 1. The predicted octanol–water partition coefficient (Wildman–Crippen LogP) is 3.33. The van der Waals surface area contributed by atoms with Crippen LogP contribution in [0, 0.1) is 12.8 Å². The van der Waals surface area contributed by atoms with E-state index in [-0.39, 0.29) is 5.92 Å². The second-order valence-corrected chi connectivity index (χ2v) is 7.17. The van der Waals surface area contributed by atoms with E-state index < -0.39 is 30.4 Å². The van der Waals surface area contributed by atoms with Crippen LogP contribution >= 0.6 is 0 Å². The van der Waals surface area contributed by atoms with Gasteiger partial charge >= 0.3 is 5.97 Å². The first-order valence-electron chi connectivity index (χ1n) is 9.87. The van der Waals surface area contributed by atoms with Crippen LogP contribution in [0.25, 0.3) is 0 Å². The van der Waals surface area contributed by atoms with Crippen LogP contribution in [0.5, 0.6) is 5.75 Å². The average molecular weight is 412 g/mol. The van der Waals surface area contributed by atoms with E-state index in [0.717, 1.165) is 5.56 Å². The maximum Gasteiger partial charge on any atom is 0.329 e. The SMILES string of the molecule is CCOc1ccc(C(=O)N[C@H](C(=O)OCC(=O)Nc2ccc(C)cc2)C(C)C)cc1. The van der Waals surface area contributed by atoms with Gasteiger partial charge in [0.05, 0.1) is 6.61 Å². The van der Waals surface area contributed by atoms with Gasteiger partial charge in [0.1, 0.15) is 11.8 Å². The maximum atomic E-state index is 12.5. The Labute approximate surface area is 176 Å². The molecule has 0 heterocycles. The van der Waals surface area contributed by atoms with E-state index in [1.165, 1.54) is 0 Å². The first-order chi connectivity index (χ1) is 14.3. The van der Waals surface area contributed by atoms with Crippen molar-refractivity contribution in [1.82, 2.24) is 5.32 Å². The Morgan fingerprint density at radius 2 is 1.60 bits per heavy atom. The normalized spacial score (nSPS) is 11.5. The second kappa shape index (κ2) is 11.0. The average Bonchev–Trinajstić information content (AvgIpc) is 2.72. The monoisotopic (exact) mass is 412 g/mol. The van der Waals surface area contributed by atoms with Gasteiger partial charge in [0.25, 0.3) is 11.8 Å². The lowest BCUT2D eigenvalue weighted by Gasteiger charge is -2.21. The second-order valence-electron chi connectivity index (χ2n) is 7.17. The van der Waals surface area contributed by atoms with E-state index in [9.17, 15) is 14.4 Å². The summed E-state index contributed by atoms with van der Waals surface area (Å²) in [5, 5.41) is 5.34. The zero-order chi connectivity index (χ0) is 22.1. The summed E-state index contributed by atoms with van der Waals surface area (Å²) in [4.78, 5) is 37.0. The molecule has 1 atom stereocenters.